The van der Waals surface area contributed by atoms with Gasteiger partial charge in [-0.2, -0.15) is 0 Å². The summed E-state index contributed by atoms with van der Waals surface area (Å²) in [6, 6.07) is 0. The van der Waals surface area contributed by atoms with Gasteiger partial charge in [0.15, 0.2) is 0 Å². The van der Waals surface area contributed by atoms with Gasteiger partial charge >= 0.3 is 0 Å². The molecule has 0 amide bonds. The smallest absolute Gasteiger partial charge is 0.102 e. The maximum absolute atomic E-state index is 8.89. The predicted molar refractivity (Wildman–Crippen MR) is 67.8 cm³/mol. The monoisotopic (exact) mass is 224 g/mol. The van der Waals surface area contributed by atoms with Gasteiger partial charge in [-0.15, -0.1) is 0 Å². The highest BCUT2D eigenvalue weighted by atomic mass is 16.3. The van der Waals surface area contributed by atoms with Crippen LogP contribution in [-0.2, 0) is 0 Å². The number of aliphatic hydroxyl groups is 1. The van der Waals surface area contributed by atoms with Crippen LogP contribution in [0.25, 0.3) is 0 Å². The zero-order chi connectivity index (χ0) is 11.6. The second-order valence-corrected chi connectivity index (χ2v) is 4.16. The third-order valence-electron chi connectivity index (χ3n) is 2.81. The first-order valence-corrected chi connectivity index (χ1v) is 6.32. The molecule has 1 rings (SSSR count). The molecule has 0 saturated heterocycles. The molecule has 2 N–H and O–H groups in total. The molecule has 0 aromatic rings. The van der Waals surface area contributed by atoms with Gasteiger partial charge in [-0.05, 0) is 12.8 Å². The first-order chi connectivity index (χ1) is 7.88. The zero-order valence-corrected chi connectivity index (χ0v) is 10.2. The van der Waals surface area contributed by atoms with Crippen molar-refractivity contribution in [1.82, 2.24) is 10.2 Å². The molecule has 0 fully saturated rings. The third-order valence-corrected chi connectivity index (χ3v) is 2.81. The van der Waals surface area contributed by atoms with Crippen LogP contribution < -0.4 is 5.32 Å². The minimum atomic E-state index is 0.211. The predicted octanol–water partition coefficient (Wildman–Crippen LogP) is 2.21. The molecule has 0 spiro atoms. The molecule has 1 atom stereocenters. The van der Waals surface area contributed by atoms with E-state index in [9.17, 15) is 0 Å². The average molecular weight is 224 g/mol. The van der Waals surface area contributed by atoms with Crippen molar-refractivity contribution in [3.8, 4) is 0 Å². The fraction of sp³-hybridized carbons (Fsp3) is 0.692. The van der Waals surface area contributed by atoms with Gasteiger partial charge in [0.1, 0.15) is 6.17 Å². The third kappa shape index (κ3) is 4.71. The summed E-state index contributed by atoms with van der Waals surface area (Å²) in [7, 11) is 0. The number of β-amino-alcohol motifs (C(OH)–C–C–N with tert-alkyl or cyclic N) is 1. The van der Waals surface area contributed by atoms with Crippen LogP contribution >= 0.6 is 0 Å². The molecule has 1 unspecified atom stereocenters. The Morgan fingerprint density at radius 3 is 3.00 bits per heavy atom. The number of nitrogens with one attached hydrogen (secondary N) is 1. The van der Waals surface area contributed by atoms with E-state index < -0.39 is 0 Å². The van der Waals surface area contributed by atoms with Crippen molar-refractivity contribution in [1.29, 1.82) is 0 Å². The topological polar surface area (TPSA) is 35.5 Å². The molecule has 3 nitrogen and oxygen atoms in total. The molecule has 3 heteroatoms. The van der Waals surface area contributed by atoms with Gasteiger partial charge in [0.25, 0.3) is 0 Å². The Hall–Kier alpha value is -0.960. The summed E-state index contributed by atoms with van der Waals surface area (Å²) >= 11 is 0. The van der Waals surface area contributed by atoms with Crippen molar-refractivity contribution in [2.24, 2.45) is 0 Å². The van der Waals surface area contributed by atoms with Crippen LogP contribution in [0, 0.1) is 0 Å². The summed E-state index contributed by atoms with van der Waals surface area (Å²) in [6.45, 7) is 3.14. The number of unbranched alkanes of at least 4 members (excludes halogenated alkanes) is 3. The zero-order valence-electron chi connectivity index (χ0n) is 10.2. The molecular formula is C13H24N2O. The van der Waals surface area contributed by atoms with E-state index in [4.69, 9.17) is 5.11 Å². The van der Waals surface area contributed by atoms with E-state index in [2.05, 4.69) is 29.3 Å². The lowest BCUT2D eigenvalue weighted by Crippen LogP contribution is -2.36. The lowest BCUT2D eigenvalue weighted by atomic mass is 10.2. The number of hydrogen-bond acceptors (Lipinski definition) is 3. The van der Waals surface area contributed by atoms with Gasteiger partial charge in [-0.1, -0.05) is 31.9 Å². The van der Waals surface area contributed by atoms with E-state index in [0.29, 0.717) is 12.7 Å². The van der Waals surface area contributed by atoms with Gasteiger partial charge in [-0.3, -0.25) is 0 Å². The Balaban J connectivity index is 2.12. The first kappa shape index (κ1) is 13.1. The molecule has 0 saturated carbocycles. The number of allylic oxidation sites excluding steroid dienone is 1. The Labute approximate surface area is 98.8 Å². The van der Waals surface area contributed by atoms with Gasteiger partial charge < -0.3 is 15.3 Å². The Kier molecular flexibility index (Phi) is 6.74. The fourth-order valence-corrected chi connectivity index (χ4v) is 1.85. The summed E-state index contributed by atoms with van der Waals surface area (Å²) in [5.41, 5.74) is 0. The van der Waals surface area contributed by atoms with Crippen molar-refractivity contribution in [2.45, 2.75) is 45.2 Å². The molecular weight excluding hydrogens is 200 g/mol. The molecule has 0 radical (unpaired) electrons. The van der Waals surface area contributed by atoms with E-state index in [1.54, 1.807) is 0 Å². The molecule has 0 aromatic carbocycles. The molecule has 1 aliphatic heterocycles. The van der Waals surface area contributed by atoms with E-state index in [-0.39, 0.29) is 6.61 Å². The van der Waals surface area contributed by atoms with Crippen LogP contribution in [0.2, 0.25) is 0 Å². The van der Waals surface area contributed by atoms with Gasteiger partial charge in [-0.25, -0.2) is 0 Å². The maximum atomic E-state index is 8.89. The Bertz CT molecular complexity index is 226. The van der Waals surface area contributed by atoms with Gasteiger partial charge in [0.05, 0.1) is 6.61 Å². The summed E-state index contributed by atoms with van der Waals surface area (Å²) in [5.74, 6) is 0. The molecule has 0 aliphatic carbocycles. The number of rotatable bonds is 8. The largest absolute Gasteiger partial charge is 0.395 e. The summed E-state index contributed by atoms with van der Waals surface area (Å²) in [5, 5.41) is 12.2. The van der Waals surface area contributed by atoms with Crippen LogP contribution in [0.5, 0.6) is 0 Å². The standard InChI is InChI=1S/C13H24N2O/c1-2-3-4-5-6-7-8-13-14-9-10-15(13)11-12-16/h6-7,9-10,13-14,16H,2-5,8,11-12H2,1H3/b7-6+. The highest BCUT2D eigenvalue weighted by Gasteiger charge is 2.15. The lowest BCUT2D eigenvalue weighted by molar-refractivity contribution is 0.202. The van der Waals surface area contributed by atoms with Crippen molar-refractivity contribution < 1.29 is 5.11 Å². The van der Waals surface area contributed by atoms with Crippen LogP contribution in [0.4, 0.5) is 0 Å². The fourth-order valence-electron chi connectivity index (χ4n) is 1.85. The van der Waals surface area contributed by atoms with Crippen molar-refractivity contribution >= 4 is 0 Å². The molecule has 0 aromatic heterocycles. The first-order valence-electron chi connectivity index (χ1n) is 6.32. The second kappa shape index (κ2) is 8.22. The SMILES string of the molecule is CCCCC/C=C/CC1NC=CN1CCO. The van der Waals surface area contributed by atoms with Crippen LogP contribution in [0.1, 0.15) is 39.0 Å². The highest BCUT2D eigenvalue weighted by Crippen LogP contribution is 2.09. The molecule has 92 valence electrons. The number of aliphatic hydroxyl groups excluding tert-OH is 1. The van der Waals surface area contributed by atoms with Gasteiger partial charge in [0, 0.05) is 25.4 Å². The van der Waals surface area contributed by atoms with E-state index in [0.717, 1.165) is 6.42 Å². The minimum absolute atomic E-state index is 0.211. The summed E-state index contributed by atoms with van der Waals surface area (Å²) in [6.07, 6.45) is 14.9. The molecule has 1 heterocycles. The Morgan fingerprint density at radius 2 is 2.25 bits per heavy atom. The summed E-state index contributed by atoms with van der Waals surface area (Å²) in [4.78, 5) is 2.14. The van der Waals surface area contributed by atoms with E-state index >= 15 is 0 Å². The van der Waals surface area contributed by atoms with Gasteiger partial charge in [0.2, 0.25) is 0 Å². The van der Waals surface area contributed by atoms with E-state index in [1.807, 2.05) is 12.4 Å². The molecule has 0 bridgehead atoms. The average Bonchev–Trinajstić information content (AvgIpc) is 2.72. The summed E-state index contributed by atoms with van der Waals surface area (Å²) < 4.78 is 0. The minimum Gasteiger partial charge on any atom is -0.395 e. The van der Waals surface area contributed by atoms with Crippen LogP contribution in [-0.4, -0.2) is 29.3 Å². The number of nitrogens with zero attached hydrogens (tertiary/aromatic N) is 1. The van der Waals surface area contributed by atoms with Crippen molar-refractivity contribution in [3.63, 3.8) is 0 Å². The Morgan fingerprint density at radius 1 is 1.38 bits per heavy atom. The number of hydrogen-bond donors (Lipinski definition) is 2. The van der Waals surface area contributed by atoms with Crippen molar-refractivity contribution in [2.75, 3.05) is 13.2 Å². The second-order valence-electron chi connectivity index (χ2n) is 4.16. The van der Waals surface area contributed by atoms with Crippen LogP contribution in [0.3, 0.4) is 0 Å². The lowest BCUT2D eigenvalue weighted by Gasteiger charge is -2.23. The van der Waals surface area contributed by atoms with Crippen LogP contribution in [0.15, 0.2) is 24.6 Å². The normalized spacial score (nSPS) is 19.6. The quantitative estimate of drug-likeness (QED) is 0.490. The highest BCUT2D eigenvalue weighted by molar-refractivity contribution is 4.97. The van der Waals surface area contributed by atoms with Crippen molar-refractivity contribution in [3.05, 3.63) is 24.6 Å². The molecule has 1 aliphatic rings. The maximum Gasteiger partial charge on any atom is 0.102 e. The van der Waals surface area contributed by atoms with E-state index in [1.165, 1.54) is 25.7 Å². The molecule has 16 heavy (non-hydrogen) atoms.